The van der Waals surface area contributed by atoms with Gasteiger partial charge in [0.1, 0.15) is 46.2 Å². The summed E-state index contributed by atoms with van der Waals surface area (Å²) in [5.74, 6) is -5.67. The molecule has 1 saturated carbocycles. The molecule has 0 heterocycles. The van der Waals surface area contributed by atoms with E-state index in [1.807, 2.05) is 0 Å². The SMILES string of the molecule is CCCCC[C@H]1CC[C@H](CCc2cc(F)c(C(F)(F)Oc3cc(F)c(C#N)c(F)c3)c(F)c2)CC1. The zero-order valence-electron chi connectivity index (χ0n) is 19.7. The molecule has 0 atom stereocenters. The molecule has 0 aliphatic heterocycles. The first-order valence-corrected chi connectivity index (χ1v) is 12.1. The van der Waals surface area contributed by atoms with E-state index < -0.39 is 46.3 Å². The Morgan fingerprint density at radius 3 is 1.91 bits per heavy atom. The maximum Gasteiger partial charge on any atom is 0.432 e. The molecule has 2 nitrogen and oxygen atoms in total. The molecule has 0 unspecified atom stereocenters. The Hall–Kier alpha value is -2.69. The zero-order chi connectivity index (χ0) is 25.6. The number of ether oxygens (including phenoxy) is 1. The van der Waals surface area contributed by atoms with Gasteiger partial charge in [0.25, 0.3) is 0 Å². The topological polar surface area (TPSA) is 33.0 Å². The Bertz CT molecular complexity index is 1010. The lowest BCUT2D eigenvalue weighted by molar-refractivity contribution is -0.189. The van der Waals surface area contributed by atoms with Crippen molar-refractivity contribution in [3.63, 3.8) is 0 Å². The van der Waals surface area contributed by atoms with E-state index >= 15 is 0 Å². The highest BCUT2D eigenvalue weighted by molar-refractivity contribution is 5.38. The first kappa shape index (κ1) is 26.9. The third kappa shape index (κ3) is 6.93. The molecule has 2 aromatic rings. The van der Waals surface area contributed by atoms with Crippen LogP contribution in [0, 0.1) is 46.4 Å². The number of alkyl halides is 2. The lowest BCUT2D eigenvalue weighted by Crippen LogP contribution is -2.25. The summed E-state index contributed by atoms with van der Waals surface area (Å²) in [4.78, 5) is 0. The number of benzene rings is 2. The molecule has 0 radical (unpaired) electrons. The van der Waals surface area contributed by atoms with Crippen molar-refractivity contribution in [2.45, 2.75) is 77.2 Å². The molecule has 0 aromatic heterocycles. The summed E-state index contributed by atoms with van der Waals surface area (Å²) in [5, 5.41) is 8.66. The second-order valence-electron chi connectivity index (χ2n) is 9.35. The van der Waals surface area contributed by atoms with Crippen LogP contribution < -0.4 is 4.74 Å². The van der Waals surface area contributed by atoms with Crippen molar-refractivity contribution in [3.05, 3.63) is 64.2 Å². The van der Waals surface area contributed by atoms with Gasteiger partial charge in [-0.2, -0.15) is 14.0 Å². The summed E-state index contributed by atoms with van der Waals surface area (Å²) in [6, 6.07) is 3.67. The van der Waals surface area contributed by atoms with Gasteiger partial charge in [0, 0.05) is 12.1 Å². The van der Waals surface area contributed by atoms with Gasteiger partial charge in [0.05, 0.1) is 0 Å². The summed E-state index contributed by atoms with van der Waals surface area (Å²) in [6.07, 6.45) is 5.91. The van der Waals surface area contributed by atoms with Crippen molar-refractivity contribution in [1.82, 2.24) is 0 Å². The lowest BCUT2D eigenvalue weighted by atomic mass is 9.78. The van der Waals surface area contributed by atoms with Gasteiger partial charge in [-0.25, -0.2) is 17.6 Å². The van der Waals surface area contributed by atoms with Crippen LogP contribution in [-0.4, -0.2) is 0 Å². The van der Waals surface area contributed by atoms with Gasteiger partial charge in [-0.15, -0.1) is 0 Å². The quantitative estimate of drug-likeness (QED) is 0.243. The van der Waals surface area contributed by atoms with Gasteiger partial charge in [0.15, 0.2) is 0 Å². The van der Waals surface area contributed by atoms with E-state index in [1.54, 1.807) is 0 Å². The number of unbranched alkanes of at least 4 members (excludes halogenated alkanes) is 2. The third-order valence-electron chi connectivity index (χ3n) is 6.79. The Kier molecular flexibility index (Phi) is 9.09. The highest BCUT2D eigenvalue weighted by Gasteiger charge is 2.41. The second kappa shape index (κ2) is 11.8. The van der Waals surface area contributed by atoms with Crippen molar-refractivity contribution < 1.29 is 31.1 Å². The Labute approximate surface area is 201 Å². The van der Waals surface area contributed by atoms with E-state index in [0.717, 1.165) is 50.2 Å². The first-order chi connectivity index (χ1) is 16.6. The third-order valence-corrected chi connectivity index (χ3v) is 6.79. The molecule has 0 spiro atoms. The molecule has 190 valence electrons. The molecular formula is C27H29F6NO. The molecule has 8 heteroatoms. The summed E-state index contributed by atoms with van der Waals surface area (Å²) < 4.78 is 89.9. The van der Waals surface area contributed by atoms with E-state index in [2.05, 4.69) is 11.7 Å². The summed E-state index contributed by atoms with van der Waals surface area (Å²) in [7, 11) is 0. The maximum atomic E-state index is 14.6. The number of aryl methyl sites for hydroxylation is 1. The molecule has 0 saturated heterocycles. The van der Waals surface area contributed by atoms with Crippen molar-refractivity contribution in [1.29, 1.82) is 5.26 Å². The standard InChI is InChI=1S/C27H29F6NO/c1-2-3-4-5-17-6-8-18(9-7-17)10-11-19-12-24(30)26(25(31)13-19)27(32,33)35-20-14-22(28)21(16-34)23(29)15-20/h12-15,17-18H,2-11H2,1H3/t17-,18-. The monoisotopic (exact) mass is 497 g/mol. The average molecular weight is 498 g/mol. The maximum absolute atomic E-state index is 14.6. The minimum atomic E-state index is -4.53. The van der Waals surface area contributed by atoms with Crippen molar-refractivity contribution in [3.8, 4) is 11.8 Å². The van der Waals surface area contributed by atoms with E-state index in [9.17, 15) is 26.3 Å². The largest absolute Gasteiger partial charge is 0.432 e. The van der Waals surface area contributed by atoms with Crippen molar-refractivity contribution in [2.75, 3.05) is 0 Å². The fraction of sp³-hybridized carbons (Fsp3) is 0.519. The van der Waals surface area contributed by atoms with E-state index in [-0.39, 0.29) is 5.56 Å². The zero-order valence-corrected chi connectivity index (χ0v) is 19.7. The number of rotatable bonds is 10. The molecular weight excluding hydrogens is 468 g/mol. The summed E-state index contributed by atoms with van der Waals surface area (Å²) in [6.45, 7) is 2.18. The van der Waals surface area contributed by atoms with Crippen LogP contribution in [0.4, 0.5) is 26.3 Å². The molecule has 1 aliphatic carbocycles. The smallest absolute Gasteiger partial charge is 0.429 e. The second-order valence-corrected chi connectivity index (χ2v) is 9.35. The first-order valence-electron chi connectivity index (χ1n) is 12.1. The van der Waals surface area contributed by atoms with E-state index in [1.165, 1.54) is 31.8 Å². The van der Waals surface area contributed by atoms with Gasteiger partial charge in [-0.3, -0.25) is 0 Å². The van der Waals surface area contributed by atoms with Crippen LogP contribution in [0.15, 0.2) is 24.3 Å². The van der Waals surface area contributed by atoms with Crippen LogP contribution in [0.25, 0.3) is 0 Å². The molecule has 0 N–H and O–H groups in total. The molecule has 3 rings (SSSR count). The molecule has 1 fully saturated rings. The normalized spacial score (nSPS) is 18.3. The predicted octanol–water partition coefficient (Wildman–Crippen LogP) is 8.56. The number of halogens is 6. The number of hydrogen-bond acceptors (Lipinski definition) is 2. The molecule has 0 bridgehead atoms. The van der Waals surface area contributed by atoms with Gasteiger partial charge in [-0.1, -0.05) is 58.3 Å². The highest BCUT2D eigenvalue weighted by Crippen LogP contribution is 2.38. The molecule has 1 aliphatic rings. The fourth-order valence-electron chi connectivity index (χ4n) is 4.83. The van der Waals surface area contributed by atoms with Crippen LogP contribution in [0.5, 0.6) is 5.75 Å². The van der Waals surface area contributed by atoms with E-state index in [4.69, 9.17) is 5.26 Å². The van der Waals surface area contributed by atoms with E-state index in [0.29, 0.717) is 24.5 Å². The highest BCUT2D eigenvalue weighted by atomic mass is 19.3. The van der Waals surface area contributed by atoms with Gasteiger partial charge in [0.2, 0.25) is 0 Å². The van der Waals surface area contributed by atoms with Crippen molar-refractivity contribution in [2.24, 2.45) is 11.8 Å². The molecule has 35 heavy (non-hydrogen) atoms. The van der Waals surface area contributed by atoms with Gasteiger partial charge >= 0.3 is 6.11 Å². The van der Waals surface area contributed by atoms with Crippen LogP contribution >= 0.6 is 0 Å². The summed E-state index contributed by atoms with van der Waals surface area (Å²) in [5.41, 5.74) is -2.36. The summed E-state index contributed by atoms with van der Waals surface area (Å²) >= 11 is 0. The minimum absolute atomic E-state index is 0.264. The Morgan fingerprint density at radius 2 is 1.40 bits per heavy atom. The Morgan fingerprint density at radius 1 is 0.857 bits per heavy atom. The van der Waals surface area contributed by atoms with Crippen LogP contribution in [0.3, 0.4) is 0 Å². The van der Waals surface area contributed by atoms with Crippen LogP contribution in [0.2, 0.25) is 0 Å². The lowest BCUT2D eigenvalue weighted by Gasteiger charge is -2.28. The van der Waals surface area contributed by atoms with Crippen molar-refractivity contribution >= 4 is 0 Å². The average Bonchev–Trinajstić information content (AvgIpc) is 2.77. The molecule has 0 amide bonds. The predicted molar refractivity (Wildman–Crippen MR) is 120 cm³/mol. The van der Waals surface area contributed by atoms with Crippen LogP contribution in [-0.2, 0) is 12.5 Å². The minimum Gasteiger partial charge on any atom is -0.429 e. The number of nitriles is 1. The fourth-order valence-corrected chi connectivity index (χ4v) is 4.83. The van der Waals surface area contributed by atoms with Gasteiger partial charge < -0.3 is 4.74 Å². The Balaban J connectivity index is 1.63. The number of hydrogen-bond donors (Lipinski definition) is 0. The molecule has 2 aromatic carbocycles. The van der Waals surface area contributed by atoms with Gasteiger partial charge in [-0.05, 0) is 42.4 Å². The number of nitrogens with zero attached hydrogens (tertiary/aromatic N) is 1. The van der Waals surface area contributed by atoms with Crippen LogP contribution in [0.1, 0.15) is 81.4 Å².